The molecule has 1 saturated carbocycles. The highest BCUT2D eigenvalue weighted by Gasteiger charge is 2.51. The summed E-state index contributed by atoms with van der Waals surface area (Å²) in [6.07, 6.45) is -0.639. The summed E-state index contributed by atoms with van der Waals surface area (Å²) in [5, 5.41) is 10.5. The van der Waals surface area contributed by atoms with E-state index in [0.717, 1.165) is 0 Å². The number of Topliss-reactive ketones (excluding diaryl/α,β-unsaturated/α-hetero) is 1. The van der Waals surface area contributed by atoms with Gasteiger partial charge in [-0.25, -0.2) is 4.79 Å². The van der Waals surface area contributed by atoms with E-state index < -0.39 is 23.5 Å². The van der Waals surface area contributed by atoms with Crippen molar-refractivity contribution in [3.8, 4) is 0 Å². The van der Waals surface area contributed by atoms with Gasteiger partial charge in [0.15, 0.2) is 5.78 Å². The van der Waals surface area contributed by atoms with E-state index in [0.29, 0.717) is 29.8 Å². The van der Waals surface area contributed by atoms with Crippen LogP contribution in [0, 0.1) is 0 Å². The van der Waals surface area contributed by atoms with Crippen LogP contribution in [0.1, 0.15) is 38.7 Å². The maximum atomic E-state index is 12.9. The summed E-state index contributed by atoms with van der Waals surface area (Å²) >= 11 is 6.30. The second-order valence-electron chi connectivity index (χ2n) is 6.10. The van der Waals surface area contributed by atoms with Crippen LogP contribution in [0.4, 0.5) is 4.79 Å². The number of aliphatic hydroxyl groups excluding tert-OH is 1. The molecule has 0 radical (unpaired) electrons. The largest absolute Gasteiger partial charge is 0.447 e. The number of aliphatic hydroxyl groups is 1. The van der Waals surface area contributed by atoms with Crippen molar-refractivity contribution in [3.63, 3.8) is 0 Å². The molecule has 2 atom stereocenters. The summed E-state index contributed by atoms with van der Waals surface area (Å²) in [5.74, 6) is -0.417. The summed E-state index contributed by atoms with van der Waals surface area (Å²) in [7, 11) is 1.52. The topological polar surface area (TPSA) is 66.8 Å². The van der Waals surface area contributed by atoms with E-state index >= 15 is 0 Å². The van der Waals surface area contributed by atoms with Crippen LogP contribution in [0.2, 0.25) is 5.02 Å². The lowest BCUT2D eigenvalue weighted by Crippen LogP contribution is -2.58. The summed E-state index contributed by atoms with van der Waals surface area (Å²) in [4.78, 5) is 26.6. The van der Waals surface area contributed by atoms with Crippen molar-refractivity contribution >= 4 is 23.5 Å². The van der Waals surface area contributed by atoms with Crippen LogP contribution in [0.5, 0.6) is 0 Å². The first-order valence-electron chi connectivity index (χ1n) is 7.72. The Morgan fingerprint density at radius 1 is 1.43 bits per heavy atom. The van der Waals surface area contributed by atoms with Gasteiger partial charge in [0.2, 0.25) is 0 Å². The summed E-state index contributed by atoms with van der Waals surface area (Å²) in [5.41, 5.74) is -0.782. The van der Waals surface area contributed by atoms with Gasteiger partial charge >= 0.3 is 6.09 Å². The molecule has 1 amide bonds. The van der Waals surface area contributed by atoms with E-state index in [2.05, 4.69) is 0 Å². The molecule has 0 aliphatic heterocycles. The molecule has 126 valence electrons. The molecule has 6 heteroatoms. The zero-order valence-electron chi connectivity index (χ0n) is 13.6. The van der Waals surface area contributed by atoms with E-state index in [1.165, 1.54) is 11.9 Å². The quantitative estimate of drug-likeness (QED) is 0.918. The molecule has 1 aromatic carbocycles. The van der Waals surface area contributed by atoms with Crippen molar-refractivity contribution in [1.29, 1.82) is 0 Å². The van der Waals surface area contributed by atoms with E-state index in [1.807, 2.05) is 0 Å². The standard InChI is InChI=1S/C17H22ClNO4/c1-11(2)23-16(22)19(3)17(10-6-9-14(20)15(17)21)12-7-4-5-8-13(12)18/h4-5,7-8,11,14,20H,6,9-10H2,1-3H3/t14-,17-/m1/s1. The highest BCUT2D eigenvalue weighted by Crippen LogP contribution is 2.42. The molecule has 1 N–H and O–H groups in total. The maximum absolute atomic E-state index is 12.9. The van der Waals surface area contributed by atoms with Gasteiger partial charge in [0.05, 0.1) is 6.10 Å². The molecule has 2 rings (SSSR count). The molecule has 0 spiro atoms. The summed E-state index contributed by atoms with van der Waals surface area (Å²) in [6.45, 7) is 3.48. The highest BCUT2D eigenvalue weighted by molar-refractivity contribution is 6.31. The van der Waals surface area contributed by atoms with E-state index in [-0.39, 0.29) is 6.10 Å². The molecule has 0 unspecified atom stereocenters. The third-order valence-electron chi connectivity index (χ3n) is 4.23. The Morgan fingerprint density at radius 2 is 2.09 bits per heavy atom. The maximum Gasteiger partial charge on any atom is 0.410 e. The predicted octanol–water partition coefficient (Wildman–Crippen LogP) is 3.13. The third-order valence-corrected chi connectivity index (χ3v) is 4.56. The molecular weight excluding hydrogens is 318 g/mol. The fraction of sp³-hybridized carbons (Fsp3) is 0.529. The predicted molar refractivity (Wildman–Crippen MR) is 87.4 cm³/mol. The van der Waals surface area contributed by atoms with Crippen LogP contribution in [-0.4, -0.2) is 41.1 Å². The van der Waals surface area contributed by atoms with Gasteiger partial charge in [-0.05, 0) is 39.2 Å². The van der Waals surface area contributed by atoms with Crippen molar-refractivity contribution in [1.82, 2.24) is 4.90 Å². The number of hydrogen-bond donors (Lipinski definition) is 1. The monoisotopic (exact) mass is 339 g/mol. The average Bonchev–Trinajstić information content (AvgIpc) is 2.49. The molecule has 0 bridgehead atoms. The number of nitrogens with zero attached hydrogens (tertiary/aromatic N) is 1. The zero-order valence-corrected chi connectivity index (χ0v) is 14.3. The first-order chi connectivity index (χ1) is 10.8. The van der Waals surface area contributed by atoms with Crippen LogP contribution < -0.4 is 0 Å². The van der Waals surface area contributed by atoms with Crippen LogP contribution in [0.3, 0.4) is 0 Å². The minimum absolute atomic E-state index is 0.308. The van der Waals surface area contributed by atoms with Crippen LogP contribution >= 0.6 is 11.6 Å². The zero-order chi connectivity index (χ0) is 17.2. The number of likely N-dealkylation sites (N-methyl/N-ethyl adjacent to an activating group) is 1. The fourth-order valence-electron chi connectivity index (χ4n) is 3.10. The number of amides is 1. The number of ether oxygens (including phenoxy) is 1. The summed E-state index contributed by atoms with van der Waals surface area (Å²) < 4.78 is 5.25. The number of halogens is 1. The van der Waals surface area contributed by atoms with Gasteiger partial charge in [-0.1, -0.05) is 29.8 Å². The van der Waals surface area contributed by atoms with Crippen molar-refractivity contribution in [2.24, 2.45) is 0 Å². The molecule has 0 heterocycles. The van der Waals surface area contributed by atoms with E-state index in [4.69, 9.17) is 16.3 Å². The Labute approximate surface area is 141 Å². The van der Waals surface area contributed by atoms with Gasteiger partial charge < -0.3 is 9.84 Å². The van der Waals surface area contributed by atoms with Crippen LogP contribution in [-0.2, 0) is 15.1 Å². The minimum atomic E-state index is -1.30. The first kappa shape index (κ1) is 17.8. The molecule has 1 aliphatic carbocycles. The lowest BCUT2D eigenvalue weighted by atomic mass is 9.73. The van der Waals surface area contributed by atoms with Gasteiger partial charge in [0.1, 0.15) is 11.6 Å². The number of rotatable bonds is 3. The lowest BCUT2D eigenvalue weighted by molar-refractivity contribution is -0.143. The van der Waals surface area contributed by atoms with Crippen LogP contribution in [0.15, 0.2) is 24.3 Å². The lowest BCUT2D eigenvalue weighted by Gasteiger charge is -2.44. The van der Waals surface area contributed by atoms with Crippen molar-refractivity contribution in [3.05, 3.63) is 34.9 Å². The average molecular weight is 340 g/mol. The van der Waals surface area contributed by atoms with Crippen molar-refractivity contribution < 1.29 is 19.4 Å². The number of ketones is 1. The fourth-order valence-corrected chi connectivity index (χ4v) is 3.39. The second-order valence-corrected chi connectivity index (χ2v) is 6.51. The highest BCUT2D eigenvalue weighted by atomic mass is 35.5. The van der Waals surface area contributed by atoms with Crippen molar-refractivity contribution in [2.45, 2.75) is 50.9 Å². The molecule has 1 fully saturated rings. The molecule has 23 heavy (non-hydrogen) atoms. The van der Waals surface area contributed by atoms with Gasteiger partial charge in [0.25, 0.3) is 0 Å². The van der Waals surface area contributed by atoms with Crippen LogP contribution in [0.25, 0.3) is 0 Å². The molecular formula is C17H22ClNO4. The second kappa shape index (κ2) is 6.89. The summed E-state index contributed by atoms with van der Waals surface area (Å²) in [6, 6.07) is 6.92. The minimum Gasteiger partial charge on any atom is -0.447 e. The SMILES string of the molecule is CC(C)OC(=O)N(C)[C@@]1(c2ccccc2Cl)CCC[C@@H](O)C1=O. The molecule has 5 nitrogen and oxygen atoms in total. The number of hydrogen-bond acceptors (Lipinski definition) is 4. The number of carbonyl (C=O) groups is 2. The molecule has 1 aromatic rings. The van der Waals surface area contributed by atoms with E-state index in [9.17, 15) is 14.7 Å². The van der Waals surface area contributed by atoms with Gasteiger partial charge in [0, 0.05) is 17.6 Å². The van der Waals surface area contributed by atoms with Crippen molar-refractivity contribution in [2.75, 3.05) is 7.05 Å². The number of benzene rings is 1. The third kappa shape index (κ3) is 3.21. The molecule has 1 aliphatic rings. The Bertz CT molecular complexity index is 604. The Balaban J connectivity index is 2.54. The Kier molecular flexibility index (Phi) is 5.32. The smallest absolute Gasteiger partial charge is 0.410 e. The van der Waals surface area contributed by atoms with Gasteiger partial charge in [-0.3, -0.25) is 9.69 Å². The van der Waals surface area contributed by atoms with Gasteiger partial charge in [-0.15, -0.1) is 0 Å². The first-order valence-corrected chi connectivity index (χ1v) is 8.10. The normalized spacial score (nSPS) is 24.6. The molecule has 0 aromatic heterocycles. The van der Waals surface area contributed by atoms with E-state index in [1.54, 1.807) is 38.1 Å². The number of carbonyl (C=O) groups excluding carboxylic acids is 2. The Morgan fingerprint density at radius 3 is 2.70 bits per heavy atom. The molecule has 0 saturated heterocycles. The van der Waals surface area contributed by atoms with Gasteiger partial charge in [-0.2, -0.15) is 0 Å². The Hall–Kier alpha value is -1.59.